The van der Waals surface area contributed by atoms with Crippen LogP contribution >= 0.6 is 0 Å². The van der Waals surface area contributed by atoms with E-state index in [-0.39, 0.29) is 31.3 Å². The van der Waals surface area contributed by atoms with Gasteiger partial charge in [-0.1, -0.05) is 33.5 Å². The monoisotopic (exact) mass is 512 g/mol. The number of ether oxygens (including phenoxy) is 6. The topological polar surface area (TPSA) is 92.7 Å². The number of carbonyl (C=O) groups is 1. The first-order valence-corrected chi connectivity index (χ1v) is 16.0. The number of aliphatic hydroxyl groups is 1. The Morgan fingerprint density at radius 3 is 2.37 bits per heavy atom. The first kappa shape index (κ1) is 29.6. The number of carbonyl (C=O) groups excluding carboxylic acids is 1. The predicted octanol–water partition coefficient (Wildman–Crippen LogP) is 4.82. The third-order valence-electron chi connectivity index (χ3n) is 6.38. The molecule has 1 saturated heterocycles. The molecule has 0 spiro atoms. The van der Waals surface area contributed by atoms with Crippen LogP contribution in [-0.2, 0) is 18.9 Å². The molecule has 4 atom stereocenters. The van der Waals surface area contributed by atoms with E-state index in [0.29, 0.717) is 30.1 Å². The van der Waals surface area contributed by atoms with Gasteiger partial charge in [-0.05, 0) is 49.8 Å². The van der Waals surface area contributed by atoms with Crippen molar-refractivity contribution in [2.45, 2.75) is 83.7 Å². The number of hydrogen-bond donors (Lipinski definition) is 1. The number of hydrogen-bond acceptors (Lipinski definition) is 8. The van der Waals surface area contributed by atoms with Crippen molar-refractivity contribution in [3.8, 4) is 11.5 Å². The van der Waals surface area contributed by atoms with Gasteiger partial charge < -0.3 is 33.5 Å². The molecular weight excluding hydrogens is 468 g/mol. The van der Waals surface area contributed by atoms with Gasteiger partial charge in [0.1, 0.15) is 23.2 Å². The van der Waals surface area contributed by atoms with Gasteiger partial charge in [0, 0.05) is 21.3 Å². The number of methoxy groups -OCH3 is 2. The maximum atomic E-state index is 13.3. The van der Waals surface area contributed by atoms with Gasteiger partial charge in [0.15, 0.2) is 12.6 Å². The number of esters is 1. The minimum atomic E-state index is -1.37. The molecule has 8 nitrogen and oxygen atoms in total. The molecule has 1 unspecified atom stereocenters. The molecule has 1 aromatic rings. The average molecular weight is 513 g/mol. The zero-order valence-corrected chi connectivity index (χ0v) is 23.8. The molecule has 0 amide bonds. The van der Waals surface area contributed by atoms with Crippen LogP contribution in [0.5, 0.6) is 11.5 Å². The van der Waals surface area contributed by atoms with Crippen molar-refractivity contribution in [1.29, 1.82) is 0 Å². The summed E-state index contributed by atoms with van der Waals surface area (Å²) in [7, 11) is 1.74. The van der Waals surface area contributed by atoms with E-state index in [1.165, 1.54) is 7.11 Å². The lowest BCUT2D eigenvalue weighted by atomic mass is 9.82. The van der Waals surface area contributed by atoms with Crippen LogP contribution in [0.3, 0.4) is 0 Å². The fourth-order valence-corrected chi connectivity index (χ4v) is 4.92. The van der Waals surface area contributed by atoms with E-state index >= 15 is 0 Å². The van der Waals surface area contributed by atoms with Crippen LogP contribution in [0.25, 0.3) is 0 Å². The van der Waals surface area contributed by atoms with Crippen molar-refractivity contribution in [2.24, 2.45) is 5.92 Å². The maximum absolute atomic E-state index is 13.3. The van der Waals surface area contributed by atoms with Gasteiger partial charge in [0.2, 0.25) is 0 Å². The zero-order chi connectivity index (χ0) is 26.4. The van der Waals surface area contributed by atoms with Gasteiger partial charge in [-0.15, -0.1) is 0 Å². The summed E-state index contributed by atoms with van der Waals surface area (Å²) >= 11 is 0. The van der Waals surface area contributed by atoms with E-state index in [0.717, 1.165) is 11.6 Å². The second-order valence-corrected chi connectivity index (χ2v) is 16.6. The van der Waals surface area contributed by atoms with Crippen LogP contribution in [0.4, 0.5) is 0 Å². The summed E-state index contributed by atoms with van der Waals surface area (Å²) in [6.07, 6.45) is -0.00300. The minimum Gasteiger partial charge on any atom is -0.497 e. The second kappa shape index (κ2) is 12.5. The van der Waals surface area contributed by atoms with Crippen molar-refractivity contribution >= 4 is 14.0 Å². The van der Waals surface area contributed by atoms with Crippen molar-refractivity contribution < 1.29 is 38.3 Å². The third-order valence-corrected chi connectivity index (χ3v) is 8.08. The Morgan fingerprint density at radius 2 is 1.80 bits per heavy atom. The van der Waals surface area contributed by atoms with Crippen molar-refractivity contribution in [3.05, 3.63) is 23.3 Å². The standard InChI is InChI=1S/C26H44O8Si/c1-17(12-21-23(15-27)34-26(3,4)33-21)18(2)20-13-19(30-6)14-22(32-16-29-5)24(20)25(28)31-10-11-35(7,8)9/h13-14,17-18,21,23,27H,10-12,15-16H2,1-9H3/t17-,18?,21-,23+/m0/s1. The van der Waals surface area contributed by atoms with E-state index in [1.807, 2.05) is 19.9 Å². The van der Waals surface area contributed by atoms with Crippen LogP contribution < -0.4 is 9.47 Å². The minimum absolute atomic E-state index is 0.00770. The maximum Gasteiger partial charge on any atom is 0.342 e. The van der Waals surface area contributed by atoms with E-state index < -0.39 is 25.9 Å². The lowest BCUT2D eigenvalue weighted by Gasteiger charge is -2.27. The quantitative estimate of drug-likeness (QED) is 0.229. The normalized spacial score (nSPS) is 21.4. The summed E-state index contributed by atoms with van der Waals surface area (Å²) in [6.45, 7) is 14.8. The summed E-state index contributed by atoms with van der Waals surface area (Å²) < 4.78 is 34.0. The third kappa shape index (κ3) is 8.46. The molecule has 1 heterocycles. The SMILES string of the molecule is COCOc1cc(OC)cc(C(C)[C@@H](C)C[C@@H]2OC(C)(C)O[C@@H]2CO)c1C(=O)OCC[Si](C)(C)C. The molecule has 9 heteroatoms. The molecule has 35 heavy (non-hydrogen) atoms. The zero-order valence-electron chi connectivity index (χ0n) is 22.8. The van der Waals surface area contributed by atoms with E-state index in [1.54, 1.807) is 13.2 Å². The predicted molar refractivity (Wildman–Crippen MR) is 137 cm³/mol. The Kier molecular flexibility index (Phi) is 10.6. The first-order chi connectivity index (χ1) is 16.3. The average Bonchev–Trinajstić information content (AvgIpc) is 3.08. The Morgan fingerprint density at radius 1 is 1.14 bits per heavy atom. The summed E-state index contributed by atoms with van der Waals surface area (Å²) in [5.74, 6) is -0.194. The molecule has 2 rings (SSSR count). The van der Waals surface area contributed by atoms with Gasteiger partial charge in [0.25, 0.3) is 0 Å². The highest BCUT2D eigenvalue weighted by molar-refractivity contribution is 6.76. The number of rotatable bonds is 13. The largest absolute Gasteiger partial charge is 0.497 e. The van der Waals surface area contributed by atoms with Crippen molar-refractivity contribution in [3.63, 3.8) is 0 Å². The molecule has 1 N–H and O–H groups in total. The fourth-order valence-electron chi connectivity index (χ4n) is 4.20. The molecule has 0 aromatic heterocycles. The molecule has 1 aromatic carbocycles. The van der Waals surface area contributed by atoms with Crippen LogP contribution in [0.15, 0.2) is 12.1 Å². The molecule has 1 aliphatic heterocycles. The highest BCUT2D eigenvalue weighted by Gasteiger charge is 2.42. The Bertz CT molecular complexity index is 835. The van der Waals surface area contributed by atoms with Crippen LogP contribution in [0.1, 0.15) is 56.0 Å². The van der Waals surface area contributed by atoms with E-state index in [9.17, 15) is 9.90 Å². The van der Waals surface area contributed by atoms with Gasteiger partial charge in [-0.3, -0.25) is 0 Å². The Hall–Kier alpha value is -1.65. The Labute approximate surface area is 211 Å². The van der Waals surface area contributed by atoms with Crippen LogP contribution in [0, 0.1) is 5.92 Å². The number of aliphatic hydroxyl groups excluding tert-OH is 1. The lowest BCUT2D eigenvalue weighted by molar-refractivity contribution is -0.150. The van der Waals surface area contributed by atoms with Gasteiger partial charge in [0.05, 0.1) is 26.4 Å². The highest BCUT2D eigenvalue weighted by Crippen LogP contribution is 2.40. The van der Waals surface area contributed by atoms with Crippen LogP contribution in [0.2, 0.25) is 25.7 Å². The smallest absolute Gasteiger partial charge is 0.342 e. The molecule has 1 fully saturated rings. The van der Waals surface area contributed by atoms with Crippen molar-refractivity contribution in [1.82, 2.24) is 0 Å². The molecule has 0 saturated carbocycles. The van der Waals surface area contributed by atoms with E-state index in [2.05, 4.69) is 33.5 Å². The van der Waals surface area contributed by atoms with Crippen LogP contribution in [-0.4, -0.2) is 71.4 Å². The second-order valence-electron chi connectivity index (χ2n) is 11.0. The molecule has 0 aliphatic carbocycles. The molecule has 1 aliphatic rings. The highest BCUT2D eigenvalue weighted by atomic mass is 28.3. The Balaban J connectivity index is 2.37. The lowest BCUT2D eigenvalue weighted by Crippen LogP contribution is -2.29. The van der Waals surface area contributed by atoms with Gasteiger partial charge in [-0.25, -0.2) is 4.79 Å². The molecule has 200 valence electrons. The van der Waals surface area contributed by atoms with Gasteiger partial charge in [-0.2, -0.15) is 0 Å². The molecule has 0 bridgehead atoms. The summed E-state index contributed by atoms with van der Waals surface area (Å²) in [4.78, 5) is 13.3. The summed E-state index contributed by atoms with van der Waals surface area (Å²) in [5.41, 5.74) is 1.17. The van der Waals surface area contributed by atoms with Crippen molar-refractivity contribution in [2.75, 3.05) is 34.2 Å². The molecule has 0 radical (unpaired) electrons. The summed E-state index contributed by atoms with van der Waals surface area (Å²) in [6, 6.07) is 4.43. The molecular formula is C26H44O8Si. The number of benzene rings is 1. The fraction of sp³-hybridized carbons (Fsp3) is 0.731. The van der Waals surface area contributed by atoms with Gasteiger partial charge >= 0.3 is 5.97 Å². The summed E-state index contributed by atoms with van der Waals surface area (Å²) in [5, 5.41) is 9.77. The first-order valence-electron chi connectivity index (χ1n) is 12.3. The van der Waals surface area contributed by atoms with E-state index in [4.69, 9.17) is 28.4 Å².